The molecule has 3 nitrogen and oxygen atoms in total. The summed E-state index contributed by atoms with van der Waals surface area (Å²) in [4.78, 5) is 0. The molecule has 0 spiro atoms. The van der Waals surface area contributed by atoms with Crippen LogP contribution in [0.3, 0.4) is 0 Å². The number of ether oxygens (including phenoxy) is 1. The lowest BCUT2D eigenvalue weighted by Gasteiger charge is -2.16. The molecule has 0 radical (unpaired) electrons. The summed E-state index contributed by atoms with van der Waals surface area (Å²) in [5.41, 5.74) is 2.27. The van der Waals surface area contributed by atoms with Crippen molar-refractivity contribution in [3.05, 3.63) is 60.2 Å². The maximum absolute atomic E-state index is 8.45. The Hall–Kier alpha value is -2.47. The molecule has 2 rings (SSSR count). The third kappa shape index (κ3) is 3.75. The zero-order valence-electron chi connectivity index (χ0n) is 10.8. The molecule has 0 aromatic heterocycles. The molecule has 0 amide bonds. The number of hydrogen-bond acceptors (Lipinski definition) is 3. The van der Waals surface area contributed by atoms with E-state index < -0.39 is 0 Å². The quantitative estimate of drug-likeness (QED) is 0.881. The van der Waals surface area contributed by atoms with Gasteiger partial charge in [-0.3, -0.25) is 0 Å². The number of anilines is 1. The van der Waals surface area contributed by atoms with Crippen LogP contribution in [0.25, 0.3) is 0 Å². The molecule has 2 aromatic carbocycles. The molecule has 3 heteroatoms. The van der Waals surface area contributed by atoms with E-state index in [9.17, 15) is 0 Å². The third-order valence-electron chi connectivity index (χ3n) is 2.84. The standard InChI is InChI=1S/C16H16N2O/c1-13(18-15-5-3-2-4-6-15)14-7-9-16(10-8-14)19-12-11-17/h2-10,13,18H,12H2,1H3. The summed E-state index contributed by atoms with van der Waals surface area (Å²) in [6, 6.07) is 20.0. The number of nitrogens with one attached hydrogen (secondary N) is 1. The number of hydrogen-bond donors (Lipinski definition) is 1. The topological polar surface area (TPSA) is 45.0 Å². The van der Waals surface area contributed by atoms with Gasteiger partial charge < -0.3 is 10.1 Å². The molecule has 0 saturated carbocycles. The van der Waals surface area contributed by atoms with Crippen LogP contribution < -0.4 is 10.1 Å². The Bertz CT molecular complexity index is 543. The number of para-hydroxylation sites is 1. The first-order chi connectivity index (χ1) is 9.29. The van der Waals surface area contributed by atoms with E-state index in [1.54, 1.807) is 0 Å². The molecule has 1 unspecified atom stereocenters. The van der Waals surface area contributed by atoms with Crippen molar-refractivity contribution in [1.29, 1.82) is 5.26 Å². The molecule has 0 fully saturated rings. The Labute approximate surface area is 113 Å². The van der Waals surface area contributed by atoms with Gasteiger partial charge in [0.1, 0.15) is 11.8 Å². The van der Waals surface area contributed by atoms with Crippen LogP contribution in [-0.4, -0.2) is 6.61 Å². The Balaban J connectivity index is 2.00. The molecule has 0 aliphatic heterocycles. The number of benzene rings is 2. The average Bonchev–Trinajstić information content (AvgIpc) is 2.46. The van der Waals surface area contributed by atoms with E-state index >= 15 is 0 Å². The predicted octanol–water partition coefficient (Wildman–Crippen LogP) is 3.76. The summed E-state index contributed by atoms with van der Waals surface area (Å²) < 4.78 is 5.23. The fourth-order valence-corrected chi connectivity index (χ4v) is 1.84. The minimum Gasteiger partial charge on any atom is -0.479 e. The van der Waals surface area contributed by atoms with Crippen LogP contribution in [0.2, 0.25) is 0 Å². The smallest absolute Gasteiger partial charge is 0.174 e. The Morgan fingerprint density at radius 3 is 2.42 bits per heavy atom. The molecule has 0 aliphatic rings. The van der Waals surface area contributed by atoms with Crippen molar-refractivity contribution in [1.82, 2.24) is 0 Å². The van der Waals surface area contributed by atoms with Gasteiger partial charge in [0.25, 0.3) is 0 Å². The van der Waals surface area contributed by atoms with Gasteiger partial charge in [-0.1, -0.05) is 30.3 Å². The number of nitriles is 1. The van der Waals surface area contributed by atoms with Gasteiger partial charge in [-0.25, -0.2) is 0 Å². The maximum Gasteiger partial charge on any atom is 0.174 e. The van der Waals surface area contributed by atoms with E-state index in [1.807, 2.05) is 60.7 Å². The van der Waals surface area contributed by atoms with Crippen molar-refractivity contribution in [3.63, 3.8) is 0 Å². The second kappa shape index (κ2) is 6.46. The summed E-state index contributed by atoms with van der Waals surface area (Å²) >= 11 is 0. The molecule has 0 bridgehead atoms. The third-order valence-corrected chi connectivity index (χ3v) is 2.84. The molecule has 0 saturated heterocycles. The second-order valence-corrected chi connectivity index (χ2v) is 4.25. The largest absolute Gasteiger partial charge is 0.479 e. The van der Waals surface area contributed by atoms with Gasteiger partial charge in [-0.05, 0) is 36.8 Å². The summed E-state index contributed by atoms with van der Waals surface area (Å²) in [5.74, 6) is 0.720. The zero-order chi connectivity index (χ0) is 13.5. The first-order valence-corrected chi connectivity index (χ1v) is 6.21. The van der Waals surface area contributed by atoms with Crippen molar-refractivity contribution < 1.29 is 4.74 Å². The van der Waals surface area contributed by atoms with Crippen LogP contribution in [0.1, 0.15) is 18.5 Å². The first-order valence-electron chi connectivity index (χ1n) is 6.21. The van der Waals surface area contributed by atoms with E-state index in [0.29, 0.717) is 0 Å². The van der Waals surface area contributed by atoms with E-state index in [2.05, 4.69) is 12.2 Å². The summed E-state index contributed by atoms with van der Waals surface area (Å²) in [6.45, 7) is 2.19. The van der Waals surface area contributed by atoms with Crippen LogP contribution >= 0.6 is 0 Å². The van der Waals surface area contributed by atoms with Crippen LogP contribution in [0.5, 0.6) is 5.75 Å². The fourth-order valence-electron chi connectivity index (χ4n) is 1.84. The molecular weight excluding hydrogens is 236 g/mol. The Morgan fingerprint density at radius 2 is 1.79 bits per heavy atom. The van der Waals surface area contributed by atoms with Gasteiger partial charge in [0.05, 0.1) is 0 Å². The highest BCUT2D eigenvalue weighted by atomic mass is 16.5. The van der Waals surface area contributed by atoms with Crippen molar-refractivity contribution >= 4 is 5.69 Å². The normalized spacial score (nSPS) is 11.4. The average molecular weight is 252 g/mol. The highest BCUT2D eigenvalue weighted by Crippen LogP contribution is 2.21. The SMILES string of the molecule is CC(Nc1ccccc1)c1ccc(OCC#N)cc1. The molecule has 1 N–H and O–H groups in total. The highest BCUT2D eigenvalue weighted by molar-refractivity contribution is 5.45. The Morgan fingerprint density at radius 1 is 1.11 bits per heavy atom. The van der Waals surface area contributed by atoms with E-state index in [-0.39, 0.29) is 12.6 Å². The van der Waals surface area contributed by atoms with Crippen molar-refractivity contribution in [3.8, 4) is 11.8 Å². The van der Waals surface area contributed by atoms with Crippen LogP contribution in [0.4, 0.5) is 5.69 Å². The molecule has 2 aromatic rings. The first kappa shape index (κ1) is 13.0. The number of nitrogens with zero attached hydrogens (tertiary/aromatic N) is 1. The molecule has 0 aliphatic carbocycles. The summed E-state index contributed by atoms with van der Waals surface area (Å²) in [6.07, 6.45) is 0. The van der Waals surface area contributed by atoms with Gasteiger partial charge >= 0.3 is 0 Å². The molecular formula is C16H16N2O. The highest BCUT2D eigenvalue weighted by Gasteiger charge is 2.05. The molecule has 0 heterocycles. The van der Waals surface area contributed by atoms with Crippen molar-refractivity contribution in [2.45, 2.75) is 13.0 Å². The van der Waals surface area contributed by atoms with Crippen molar-refractivity contribution in [2.75, 3.05) is 11.9 Å². The van der Waals surface area contributed by atoms with E-state index in [1.165, 1.54) is 5.56 Å². The van der Waals surface area contributed by atoms with E-state index in [0.717, 1.165) is 11.4 Å². The lowest BCUT2D eigenvalue weighted by Crippen LogP contribution is -2.06. The van der Waals surface area contributed by atoms with Gasteiger partial charge in [-0.15, -0.1) is 0 Å². The predicted molar refractivity (Wildman–Crippen MR) is 76.0 cm³/mol. The molecule has 96 valence electrons. The summed E-state index contributed by atoms with van der Waals surface area (Å²) in [5, 5.41) is 11.9. The maximum atomic E-state index is 8.45. The van der Waals surface area contributed by atoms with Gasteiger partial charge in [0.2, 0.25) is 0 Å². The minimum atomic E-state index is 0.0805. The van der Waals surface area contributed by atoms with Gasteiger partial charge in [0.15, 0.2) is 6.61 Å². The monoisotopic (exact) mass is 252 g/mol. The Kier molecular flexibility index (Phi) is 4.41. The minimum absolute atomic E-state index is 0.0805. The second-order valence-electron chi connectivity index (χ2n) is 4.25. The van der Waals surface area contributed by atoms with Gasteiger partial charge in [0, 0.05) is 11.7 Å². The van der Waals surface area contributed by atoms with Gasteiger partial charge in [-0.2, -0.15) is 5.26 Å². The molecule has 1 atom stereocenters. The lowest BCUT2D eigenvalue weighted by molar-refractivity contribution is 0.368. The lowest BCUT2D eigenvalue weighted by atomic mass is 10.1. The van der Waals surface area contributed by atoms with Crippen LogP contribution in [-0.2, 0) is 0 Å². The molecule has 19 heavy (non-hydrogen) atoms. The van der Waals surface area contributed by atoms with Crippen molar-refractivity contribution in [2.24, 2.45) is 0 Å². The number of rotatable bonds is 5. The van der Waals surface area contributed by atoms with Crippen LogP contribution in [0.15, 0.2) is 54.6 Å². The van der Waals surface area contributed by atoms with E-state index in [4.69, 9.17) is 10.00 Å². The summed E-state index contributed by atoms with van der Waals surface area (Å²) in [7, 11) is 0. The van der Waals surface area contributed by atoms with Crippen LogP contribution in [0, 0.1) is 11.3 Å². The fraction of sp³-hybridized carbons (Fsp3) is 0.188. The zero-order valence-corrected chi connectivity index (χ0v) is 10.8.